The molecule has 0 amide bonds. The molecule has 0 N–H and O–H groups in total. The van der Waals surface area contributed by atoms with Gasteiger partial charge in [0.25, 0.3) is 0 Å². The van der Waals surface area contributed by atoms with Crippen molar-refractivity contribution in [2.45, 2.75) is 0 Å². The van der Waals surface area contributed by atoms with Crippen LogP contribution in [-0.2, 0) is 0 Å². The third-order valence-corrected chi connectivity index (χ3v) is 0.984. The van der Waals surface area contributed by atoms with Crippen LogP contribution in [0.2, 0.25) is 0 Å². The van der Waals surface area contributed by atoms with Gasteiger partial charge in [0.05, 0.1) is 0 Å². The second kappa shape index (κ2) is 4.48. The Bertz CT molecular complexity index is 144. The summed E-state index contributed by atoms with van der Waals surface area (Å²) in [6.45, 7) is 0. The molecule has 8 heavy (non-hydrogen) atoms. The number of aromatic nitrogens is 2. The van der Waals surface area contributed by atoms with E-state index in [1.54, 1.807) is 18.5 Å². The molecule has 0 fully saturated rings. The van der Waals surface area contributed by atoms with Crippen LogP contribution in [0.15, 0.2) is 18.5 Å². The van der Waals surface area contributed by atoms with E-state index >= 15 is 0 Å². The molecule has 0 aliphatic rings. The van der Waals surface area contributed by atoms with Gasteiger partial charge in [0, 0.05) is 0 Å². The summed E-state index contributed by atoms with van der Waals surface area (Å²) >= 11 is 2.68. The molecule has 2 nitrogen and oxygen atoms in total. The van der Waals surface area contributed by atoms with Crippen molar-refractivity contribution in [3.63, 3.8) is 0 Å². The summed E-state index contributed by atoms with van der Waals surface area (Å²) in [6, 6.07) is 1.78. The van der Waals surface area contributed by atoms with Gasteiger partial charge in [-0.25, -0.2) is 0 Å². The van der Waals surface area contributed by atoms with Crippen molar-refractivity contribution in [1.29, 1.82) is 0 Å². The van der Waals surface area contributed by atoms with Crippen LogP contribution in [0.25, 0.3) is 0 Å². The Hall–Kier alpha value is 0.599. The van der Waals surface area contributed by atoms with Crippen molar-refractivity contribution in [1.82, 2.24) is 9.97 Å². The van der Waals surface area contributed by atoms with Crippen molar-refractivity contribution in [2.24, 2.45) is 0 Å². The molecule has 0 saturated heterocycles. The summed E-state index contributed by atoms with van der Waals surface area (Å²) in [7, 11) is 0. The Kier molecular flexibility index (Phi) is 4.81. The van der Waals surface area contributed by atoms with Gasteiger partial charge < -0.3 is 0 Å². The average Bonchev–Trinajstić information content (AvgIpc) is 1.69. The van der Waals surface area contributed by atoms with Gasteiger partial charge in [-0.05, 0) is 0 Å². The Morgan fingerprint density at radius 2 is 1.75 bits per heavy atom. The SMILES string of the molecule is [Na+].[Se-]c1ncccn1. The summed E-state index contributed by atoms with van der Waals surface area (Å²) in [5, 5.41) is 0. The summed E-state index contributed by atoms with van der Waals surface area (Å²) in [6.07, 6.45) is 3.39. The topological polar surface area (TPSA) is 25.8 Å². The molecule has 0 aromatic carbocycles. The van der Waals surface area contributed by atoms with Crippen molar-refractivity contribution < 1.29 is 29.6 Å². The third kappa shape index (κ3) is 2.80. The van der Waals surface area contributed by atoms with Gasteiger partial charge in [-0.1, -0.05) is 0 Å². The number of rotatable bonds is 0. The quantitative estimate of drug-likeness (QED) is 0.384. The first-order valence-electron chi connectivity index (χ1n) is 1.83. The molecule has 0 aliphatic heterocycles. The predicted molar refractivity (Wildman–Crippen MR) is 27.4 cm³/mol. The van der Waals surface area contributed by atoms with E-state index in [-0.39, 0.29) is 29.6 Å². The fourth-order valence-corrected chi connectivity index (χ4v) is 0.541. The van der Waals surface area contributed by atoms with E-state index in [0.717, 1.165) is 0 Å². The van der Waals surface area contributed by atoms with E-state index in [1.165, 1.54) is 0 Å². The Balaban J connectivity index is 0.000000490. The molecule has 1 rings (SSSR count). The Labute approximate surface area is 78.2 Å². The first-order valence-corrected chi connectivity index (χ1v) is 2.69. The zero-order valence-electron chi connectivity index (χ0n) is 4.53. The van der Waals surface area contributed by atoms with E-state index in [4.69, 9.17) is 0 Å². The summed E-state index contributed by atoms with van der Waals surface area (Å²) in [5.41, 5.74) is 0. The normalized spacial score (nSPS) is 7.50. The van der Waals surface area contributed by atoms with Crippen LogP contribution in [0.3, 0.4) is 0 Å². The molecule has 0 bridgehead atoms. The second-order valence-corrected chi connectivity index (χ2v) is 1.80. The molecule has 0 spiro atoms. The molecule has 1 aromatic rings. The van der Waals surface area contributed by atoms with Crippen LogP contribution in [0, 0.1) is 0 Å². The molecule has 36 valence electrons. The molecule has 0 atom stereocenters. The van der Waals surface area contributed by atoms with Gasteiger partial charge in [-0.3, -0.25) is 0 Å². The first-order chi connectivity index (χ1) is 3.39. The average molecular weight is 181 g/mol. The zero-order chi connectivity index (χ0) is 5.11. The monoisotopic (exact) mass is 182 g/mol. The van der Waals surface area contributed by atoms with Crippen LogP contribution in [0.5, 0.6) is 0 Å². The molecular formula is C4H3N2NaSe. The number of hydrogen-bond donors (Lipinski definition) is 0. The molecule has 0 saturated carbocycles. The van der Waals surface area contributed by atoms with Crippen LogP contribution >= 0.6 is 0 Å². The number of nitrogens with zero attached hydrogens (tertiary/aromatic N) is 2. The Morgan fingerprint density at radius 1 is 1.25 bits per heavy atom. The molecular weight excluding hydrogens is 178 g/mol. The van der Waals surface area contributed by atoms with Crippen LogP contribution in [0.4, 0.5) is 0 Å². The summed E-state index contributed by atoms with van der Waals surface area (Å²) in [4.78, 5) is 7.62. The second-order valence-electron chi connectivity index (χ2n) is 1.03. The van der Waals surface area contributed by atoms with Crippen molar-refractivity contribution in [3.05, 3.63) is 18.5 Å². The van der Waals surface area contributed by atoms with Crippen molar-refractivity contribution in [2.75, 3.05) is 0 Å². The summed E-state index contributed by atoms with van der Waals surface area (Å²) in [5.74, 6) is 0. The fourth-order valence-electron chi connectivity index (χ4n) is 0.285. The van der Waals surface area contributed by atoms with Gasteiger partial charge in [0.15, 0.2) is 0 Å². The molecule has 0 unspecified atom stereocenters. The van der Waals surface area contributed by atoms with Gasteiger partial charge in [0.2, 0.25) is 0 Å². The molecule has 1 aromatic heterocycles. The zero-order valence-corrected chi connectivity index (χ0v) is 8.25. The summed E-state index contributed by atoms with van der Waals surface area (Å²) < 4.78 is 0.697. The van der Waals surface area contributed by atoms with E-state index in [9.17, 15) is 0 Å². The first kappa shape index (κ1) is 8.60. The minimum atomic E-state index is 0. The van der Waals surface area contributed by atoms with Crippen LogP contribution < -0.4 is 34.3 Å². The molecule has 0 radical (unpaired) electrons. The third-order valence-electron chi connectivity index (χ3n) is 0.542. The van der Waals surface area contributed by atoms with E-state index in [2.05, 4.69) is 26.0 Å². The predicted octanol–water partition coefficient (Wildman–Crippen LogP) is -3.73. The molecule has 1 heterocycles. The van der Waals surface area contributed by atoms with E-state index in [0.29, 0.717) is 4.72 Å². The van der Waals surface area contributed by atoms with E-state index < -0.39 is 0 Å². The maximum absolute atomic E-state index is 3.81. The van der Waals surface area contributed by atoms with E-state index in [1.807, 2.05) is 0 Å². The van der Waals surface area contributed by atoms with Gasteiger partial charge in [-0.2, -0.15) is 0 Å². The van der Waals surface area contributed by atoms with Gasteiger partial charge >= 0.3 is 78.7 Å². The van der Waals surface area contributed by atoms with Gasteiger partial charge in [0.1, 0.15) is 0 Å². The van der Waals surface area contributed by atoms with Crippen molar-refractivity contribution in [3.8, 4) is 0 Å². The standard InChI is InChI=1S/C4H4N2Se.Na/c7-4-5-2-1-3-6-4;/h1-3H,(H,5,6,7);/q;+1/p-1. The number of hydrogen-bond acceptors (Lipinski definition) is 2. The van der Waals surface area contributed by atoms with Crippen LogP contribution in [0.1, 0.15) is 0 Å². The van der Waals surface area contributed by atoms with Crippen molar-refractivity contribution >= 4 is 20.7 Å². The minimum absolute atomic E-state index is 0. The molecule has 4 heteroatoms. The Morgan fingerprint density at radius 3 is 2.00 bits per heavy atom. The van der Waals surface area contributed by atoms with Gasteiger partial charge in [-0.15, -0.1) is 0 Å². The fraction of sp³-hybridized carbons (Fsp3) is 0. The molecule has 0 aliphatic carbocycles. The van der Waals surface area contributed by atoms with Crippen LogP contribution in [-0.4, -0.2) is 26.0 Å². The maximum atomic E-state index is 3.81.